The van der Waals surface area contributed by atoms with Crippen LogP contribution in [0, 0.1) is 0 Å². The highest BCUT2D eigenvalue weighted by atomic mass is 35.5. The highest BCUT2D eigenvalue weighted by Gasteiger charge is 2.55. The van der Waals surface area contributed by atoms with E-state index in [1.165, 1.54) is 11.1 Å². The molecular weight excluding hydrogens is 263 g/mol. The lowest BCUT2D eigenvalue weighted by Gasteiger charge is -2.49. The van der Waals surface area contributed by atoms with Crippen LogP contribution in [0.15, 0.2) is 18.2 Å². The number of anilines is 1. The molecule has 1 aromatic rings. The van der Waals surface area contributed by atoms with Gasteiger partial charge in [0.2, 0.25) is 0 Å². The molecule has 0 spiro atoms. The zero-order valence-electron chi connectivity index (χ0n) is 10.9. The fourth-order valence-corrected chi connectivity index (χ4v) is 4.85. The predicted molar refractivity (Wildman–Crippen MR) is 77.4 cm³/mol. The van der Waals surface area contributed by atoms with Gasteiger partial charge < -0.3 is 11.5 Å². The van der Waals surface area contributed by atoms with Crippen molar-refractivity contribution < 1.29 is 4.39 Å². The molecule has 0 heterocycles. The van der Waals surface area contributed by atoms with Crippen molar-refractivity contribution in [3.05, 3.63) is 29.3 Å². The monoisotopic (exact) mass is 282 g/mol. The first kappa shape index (κ1) is 13.2. The van der Waals surface area contributed by atoms with Gasteiger partial charge in [0.1, 0.15) is 5.67 Å². The first-order chi connectivity index (χ1) is 8.46. The number of alkyl halides is 1. The predicted octanol–water partition coefficient (Wildman–Crippen LogP) is 3.25. The van der Waals surface area contributed by atoms with Crippen molar-refractivity contribution in [3.8, 4) is 0 Å². The van der Waals surface area contributed by atoms with E-state index in [4.69, 9.17) is 11.5 Å². The van der Waals surface area contributed by atoms with E-state index in [-0.39, 0.29) is 29.8 Å². The molecule has 4 unspecified atom stereocenters. The van der Waals surface area contributed by atoms with E-state index >= 15 is 0 Å². The number of rotatable bonds is 0. The van der Waals surface area contributed by atoms with E-state index in [0.29, 0.717) is 19.3 Å². The molecular formula is C15H20ClFN2. The number of hydrogen-bond donors (Lipinski definition) is 2. The molecule has 4 aliphatic carbocycles. The van der Waals surface area contributed by atoms with E-state index < -0.39 is 5.67 Å². The summed E-state index contributed by atoms with van der Waals surface area (Å²) in [4.78, 5) is 0. The number of hydrogen-bond acceptors (Lipinski definition) is 2. The normalized spacial score (nSPS) is 42.4. The zero-order valence-corrected chi connectivity index (χ0v) is 11.7. The molecule has 1 aromatic carbocycles. The van der Waals surface area contributed by atoms with E-state index in [9.17, 15) is 4.39 Å². The quantitative estimate of drug-likeness (QED) is 0.718. The molecule has 0 aromatic heterocycles. The summed E-state index contributed by atoms with van der Waals surface area (Å²) in [5.74, 6) is 0.552. The molecule has 4 bridgehead atoms. The maximum absolute atomic E-state index is 14.9. The highest BCUT2D eigenvalue weighted by molar-refractivity contribution is 5.85. The molecule has 2 nitrogen and oxygen atoms in total. The molecule has 0 aliphatic heterocycles. The Kier molecular flexibility index (Phi) is 2.68. The Morgan fingerprint density at radius 2 is 1.68 bits per heavy atom. The summed E-state index contributed by atoms with van der Waals surface area (Å²) in [5, 5.41) is 0. The van der Waals surface area contributed by atoms with Crippen LogP contribution in [0.3, 0.4) is 0 Å². The largest absolute Gasteiger partial charge is 0.399 e. The van der Waals surface area contributed by atoms with Crippen LogP contribution >= 0.6 is 12.4 Å². The van der Waals surface area contributed by atoms with Gasteiger partial charge in [-0.3, -0.25) is 0 Å². The average molecular weight is 283 g/mol. The molecule has 0 amide bonds. The van der Waals surface area contributed by atoms with Crippen molar-refractivity contribution in [3.63, 3.8) is 0 Å². The van der Waals surface area contributed by atoms with Crippen LogP contribution in [-0.2, 0) is 0 Å². The second kappa shape index (κ2) is 3.86. The maximum atomic E-state index is 14.9. The molecule has 104 valence electrons. The third-order valence-corrected chi connectivity index (χ3v) is 5.19. The SMILES string of the molecule is Cl.Nc1ccc2c(c1)C1CC3(N)CC2CC(F)(C1)C3. The Hall–Kier alpha value is -0.800. The number of nitrogens with two attached hydrogens (primary N) is 2. The summed E-state index contributed by atoms with van der Waals surface area (Å²) >= 11 is 0. The number of benzene rings is 1. The molecule has 4 aliphatic rings. The van der Waals surface area contributed by atoms with Gasteiger partial charge in [-0.25, -0.2) is 4.39 Å². The van der Waals surface area contributed by atoms with Crippen LogP contribution in [0.5, 0.6) is 0 Å². The second-order valence-electron chi connectivity index (χ2n) is 6.79. The van der Waals surface area contributed by atoms with Gasteiger partial charge in [0.15, 0.2) is 0 Å². The smallest absolute Gasteiger partial charge is 0.114 e. The van der Waals surface area contributed by atoms with Crippen LogP contribution in [0.2, 0.25) is 0 Å². The Morgan fingerprint density at radius 1 is 1.05 bits per heavy atom. The lowest BCUT2D eigenvalue weighted by Crippen LogP contribution is -2.55. The van der Waals surface area contributed by atoms with Gasteiger partial charge in [0.25, 0.3) is 0 Å². The molecule has 4 heteroatoms. The third-order valence-electron chi connectivity index (χ3n) is 5.19. The minimum absolute atomic E-state index is 0. The Labute approximate surface area is 119 Å². The Morgan fingerprint density at radius 3 is 2.32 bits per heavy atom. The fraction of sp³-hybridized carbons (Fsp3) is 0.600. The lowest BCUT2D eigenvalue weighted by molar-refractivity contribution is 0.00318. The summed E-state index contributed by atoms with van der Waals surface area (Å²) in [5.41, 5.74) is 14.4. The first-order valence-corrected chi connectivity index (χ1v) is 6.84. The van der Waals surface area contributed by atoms with Gasteiger partial charge in [0, 0.05) is 11.2 Å². The van der Waals surface area contributed by atoms with Crippen LogP contribution in [0.25, 0.3) is 0 Å². The lowest BCUT2D eigenvalue weighted by atomic mass is 9.61. The van der Waals surface area contributed by atoms with Crippen LogP contribution in [-0.4, -0.2) is 11.2 Å². The fourth-order valence-electron chi connectivity index (χ4n) is 4.85. The Bertz CT molecular complexity index is 515. The molecule has 0 saturated heterocycles. The first-order valence-electron chi connectivity index (χ1n) is 6.84. The van der Waals surface area contributed by atoms with Gasteiger partial charge in [-0.05, 0) is 67.2 Å². The molecule has 5 rings (SSSR count). The topological polar surface area (TPSA) is 52.0 Å². The average Bonchev–Trinajstić information content (AvgIpc) is 2.36. The van der Waals surface area contributed by atoms with Crippen molar-refractivity contribution in [2.24, 2.45) is 5.73 Å². The molecule has 0 radical (unpaired) electrons. The summed E-state index contributed by atoms with van der Waals surface area (Å²) in [6.07, 6.45) is 3.70. The summed E-state index contributed by atoms with van der Waals surface area (Å²) in [6, 6.07) is 6.10. The number of nitrogen functional groups attached to an aromatic ring is 1. The number of halogens is 2. The second-order valence-corrected chi connectivity index (χ2v) is 6.79. The van der Waals surface area contributed by atoms with Crippen molar-refractivity contribution >= 4 is 18.1 Å². The molecule has 2 fully saturated rings. The highest BCUT2D eigenvalue weighted by Crippen LogP contribution is 2.60. The molecule has 19 heavy (non-hydrogen) atoms. The molecule has 4 atom stereocenters. The molecule has 2 saturated carbocycles. The maximum Gasteiger partial charge on any atom is 0.114 e. The third kappa shape index (κ3) is 1.86. The minimum Gasteiger partial charge on any atom is -0.399 e. The van der Waals surface area contributed by atoms with Gasteiger partial charge >= 0.3 is 0 Å². The minimum atomic E-state index is -1.05. The summed E-state index contributed by atoms with van der Waals surface area (Å²) < 4.78 is 14.9. The van der Waals surface area contributed by atoms with Crippen molar-refractivity contribution in [2.45, 2.75) is 55.1 Å². The van der Waals surface area contributed by atoms with Gasteiger partial charge in [-0.2, -0.15) is 0 Å². The summed E-state index contributed by atoms with van der Waals surface area (Å²) in [7, 11) is 0. The van der Waals surface area contributed by atoms with E-state index in [0.717, 1.165) is 18.5 Å². The van der Waals surface area contributed by atoms with Crippen LogP contribution in [0.1, 0.15) is 55.1 Å². The van der Waals surface area contributed by atoms with E-state index in [2.05, 4.69) is 12.1 Å². The van der Waals surface area contributed by atoms with Crippen molar-refractivity contribution in [1.82, 2.24) is 0 Å². The van der Waals surface area contributed by atoms with Crippen molar-refractivity contribution in [2.75, 3.05) is 5.73 Å². The van der Waals surface area contributed by atoms with E-state index in [1.54, 1.807) is 0 Å². The van der Waals surface area contributed by atoms with Gasteiger partial charge in [0.05, 0.1) is 0 Å². The summed E-state index contributed by atoms with van der Waals surface area (Å²) in [6.45, 7) is 0. The van der Waals surface area contributed by atoms with Crippen LogP contribution in [0.4, 0.5) is 10.1 Å². The standard InChI is InChI=1S/C15H19FN2.ClH/c16-14-4-9-6-15(18,8-14)7-10(5-14)13-3-11(17)1-2-12(9)13;/h1-3,9-10H,4-8,17-18H2;1H. The molecule has 4 N–H and O–H groups in total. The van der Waals surface area contributed by atoms with E-state index in [1.807, 2.05) is 6.07 Å². The van der Waals surface area contributed by atoms with Crippen molar-refractivity contribution in [1.29, 1.82) is 0 Å². The Balaban J connectivity index is 0.00000110. The van der Waals surface area contributed by atoms with Gasteiger partial charge in [-0.15, -0.1) is 12.4 Å². The zero-order chi connectivity index (χ0) is 12.5. The van der Waals surface area contributed by atoms with Crippen LogP contribution < -0.4 is 11.5 Å². The van der Waals surface area contributed by atoms with Gasteiger partial charge in [-0.1, -0.05) is 6.07 Å².